The predicted octanol–water partition coefficient (Wildman–Crippen LogP) is 0.990. The summed E-state index contributed by atoms with van der Waals surface area (Å²) in [4.78, 5) is 13.5. The lowest BCUT2D eigenvalue weighted by Crippen LogP contribution is -2.27. The second-order valence-electron chi connectivity index (χ2n) is 4.72. The molecule has 1 aliphatic rings. The largest absolute Gasteiger partial charge is 0.497 e. The van der Waals surface area contributed by atoms with E-state index in [4.69, 9.17) is 21.5 Å². The van der Waals surface area contributed by atoms with Gasteiger partial charge in [-0.15, -0.1) is 0 Å². The molecule has 1 atom stereocenters. The predicted molar refractivity (Wildman–Crippen MR) is 76.4 cm³/mol. The van der Waals surface area contributed by atoms with Crippen molar-refractivity contribution in [2.75, 3.05) is 24.3 Å². The number of carbonyl (C=O) groups is 1. The number of rotatable bonds is 4. The van der Waals surface area contributed by atoms with Crippen LogP contribution >= 0.6 is 11.6 Å². The van der Waals surface area contributed by atoms with E-state index in [0.717, 1.165) is 0 Å². The van der Waals surface area contributed by atoms with Crippen LogP contribution in [0.1, 0.15) is 6.42 Å². The molecule has 0 spiro atoms. The molecule has 1 heterocycles. The van der Waals surface area contributed by atoms with Gasteiger partial charge in [-0.1, -0.05) is 11.6 Å². The molecular formula is C12H15ClN2O4S. The number of primary sulfonamides is 1. The third-order valence-corrected chi connectivity index (χ3v) is 4.36. The van der Waals surface area contributed by atoms with E-state index in [-0.39, 0.29) is 24.0 Å². The Morgan fingerprint density at radius 3 is 2.75 bits per heavy atom. The third kappa shape index (κ3) is 3.41. The van der Waals surface area contributed by atoms with Crippen molar-refractivity contribution in [1.82, 2.24) is 0 Å². The van der Waals surface area contributed by atoms with Crippen molar-refractivity contribution in [3.63, 3.8) is 0 Å². The number of benzene rings is 1. The summed E-state index contributed by atoms with van der Waals surface area (Å²) in [6.45, 7) is 0.293. The Morgan fingerprint density at radius 1 is 1.50 bits per heavy atom. The molecule has 1 saturated heterocycles. The smallest absolute Gasteiger partial charge is 0.227 e. The van der Waals surface area contributed by atoms with E-state index in [1.165, 1.54) is 12.0 Å². The van der Waals surface area contributed by atoms with Gasteiger partial charge < -0.3 is 9.64 Å². The van der Waals surface area contributed by atoms with Crippen molar-refractivity contribution >= 4 is 33.2 Å². The second-order valence-corrected chi connectivity index (χ2v) is 6.79. The summed E-state index contributed by atoms with van der Waals surface area (Å²) >= 11 is 6.12. The Hall–Kier alpha value is -1.31. The Kier molecular flexibility index (Phi) is 4.22. The summed E-state index contributed by atoms with van der Waals surface area (Å²) in [6, 6.07) is 4.98. The summed E-state index contributed by atoms with van der Waals surface area (Å²) in [6.07, 6.45) is 0.152. The number of nitrogens with two attached hydrogens (primary N) is 1. The molecule has 6 nitrogen and oxygen atoms in total. The zero-order valence-corrected chi connectivity index (χ0v) is 12.4. The van der Waals surface area contributed by atoms with Gasteiger partial charge in [-0.05, 0) is 12.1 Å². The standard InChI is InChI=1S/C12H15ClN2O4S/c1-19-9-2-3-11(10(13)5-9)15-6-8(4-12(15)16)7-20(14,17)18/h2-3,5,8H,4,6-7H2,1H3,(H2,14,17,18). The van der Waals surface area contributed by atoms with Crippen LogP contribution in [0.15, 0.2) is 18.2 Å². The van der Waals surface area contributed by atoms with Crippen LogP contribution in [0, 0.1) is 5.92 Å². The van der Waals surface area contributed by atoms with Gasteiger partial charge in [0.2, 0.25) is 15.9 Å². The fourth-order valence-electron chi connectivity index (χ4n) is 2.29. The zero-order valence-electron chi connectivity index (χ0n) is 10.9. The fraction of sp³-hybridized carbons (Fsp3) is 0.417. The van der Waals surface area contributed by atoms with Gasteiger partial charge in [-0.3, -0.25) is 4.79 Å². The highest BCUT2D eigenvalue weighted by molar-refractivity contribution is 7.89. The van der Waals surface area contributed by atoms with Crippen molar-refractivity contribution < 1.29 is 17.9 Å². The number of nitrogens with zero attached hydrogens (tertiary/aromatic N) is 1. The molecule has 20 heavy (non-hydrogen) atoms. The highest BCUT2D eigenvalue weighted by atomic mass is 35.5. The van der Waals surface area contributed by atoms with Crippen molar-refractivity contribution in [2.24, 2.45) is 11.1 Å². The van der Waals surface area contributed by atoms with E-state index >= 15 is 0 Å². The van der Waals surface area contributed by atoms with Crippen LogP contribution in [0.3, 0.4) is 0 Å². The SMILES string of the molecule is COc1ccc(N2CC(CS(N)(=O)=O)CC2=O)c(Cl)c1. The molecule has 0 saturated carbocycles. The van der Waals surface area contributed by atoms with E-state index in [9.17, 15) is 13.2 Å². The number of methoxy groups -OCH3 is 1. The Labute approximate surface area is 122 Å². The average molecular weight is 319 g/mol. The first-order chi connectivity index (χ1) is 9.30. The Balaban J connectivity index is 2.20. The molecular weight excluding hydrogens is 304 g/mol. The van der Waals surface area contributed by atoms with Crippen LogP contribution in [0.5, 0.6) is 5.75 Å². The van der Waals surface area contributed by atoms with Crippen LogP contribution < -0.4 is 14.8 Å². The number of hydrogen-bond acceptors (Lipinski definition) is 4. The van der Waals surface area contributed by atoms with Crippen LogP contribution in [0.4, 0.5) is 5.69 Å². The van der Waals surface area contributed by atoms with E-state index in [0.29, 0.717) is 23.0 Å². The van der Waals surface area contributed by atoms with Gasteiger partial charge in [0.05, 0.1) is 23.6 Å². The van der Waals surface area contributed by atoms with Crippen LogP contribution in [-0.4, -0.2) is 33.7 Å². The van der Waals surface area contributed by atoms with Gasteiger partial charge in [-0.2, -0.15) is 0 Å². The van der Waals surface area contributed by atoms with E-state index in [1.54, 1.807) is 18.2 Å². The van der Waals surface area contributed by atoms with Gasteiger partial charge in [0.25, 0.3) is 0 Å². The molecule has 1 aliphatic heterocycles. The summed E-state index contributed by atoms with van der Waals surface area (Å²) in [5, 5.41) is 5.40. The average Bonchev–Trinajstić information content (AvgIpc) is 2.67. The summed E-state index contributed by atoms with van der Waals surface area (Å²) in [7, 11) is -2.07. The molecule has 2 rings (SSSR count). The van der Waals surface area contributed by atoms with Crippen LogP contribution in [-0.2, 0) is 14.8 Å². The number of halogens is 1. The van der Waals surface area contributed by atoms with E-state index in [2.05, 4.69) is 0 Å². The molecule has 1 amide bonds. The van der Waals surface area contributed by atoms with Crippen molar-refractivity contribution in [1.29, 1.82) is 0 Å². The molecule has 1 fully saturated rings. The first kappa shape index (κ1) is 15.1. The molecule has 0 aliphatic carbocycles. The maximum absolute atomic E-state index is 12.0. The minimum Gasteiger partial charge on any atom is -0.497 e. The van der Waals surface area contributed by atoms with Gasteiger partial charge in [-0.25, -0.2) is 13.6 Å². The van der Waals surface area contributed by atoms with Crippen molar-refractivity contribution in [3.8, 4) is 5.75 Å². The molecule has 0 radical (unpaired) electrons. The van der Waals surface area contributed by atoms with Crippen molar-refractivity contribution in [2.45, 2.75) is 6.42 Å². The molecule has 8 heteroatoms. The molecule has 1 aromatic carbocycles. The van der Waals surface area contributed by atoms with E-state index < -0.39 is 10.0 Å². The summed E-state index contributed by atoms with van der Waals surface area (Å²) < 4.78 is 27.2. The highest BCUT2D eigenvalue weighted by Crippen LogP contribution is 2.33. The number of ether oxygens (including phenoxy) is 1. The maximum atomic E-state index is 12.0. The normalized spacial score (nSPS) is 19.4. The molecule has 1 aromatic rings. The first-order valence-electron chi connectivity index (χ1n) is 5.94. The first-order valence-corrected chi connectivity index (χ1v) is 8.04. The summed E-state index contributed by atoms with van der Waals surface area (Å²) in [5.41, 5.74) is 0.550. The second kappa shape index (κ2) is 5.59. The number of hydrogen-bond donors (Lipinski definition) is 1. The molecule has 1 unspecified atom stereocenters. The van der Waals surface area contributed by atoms with Crippen LogP contribution in [0.25, 0.3) is 0 Å². The lowest BCUT2D eigenvalue weighted by Gasteiger charge is -2.18. The number of anilines is 1. The lowest BCUT2D eigenvalue weighted by atomic mass is 10.1. The lowest BCUT2D eigenvalue weighted by molar-refractivity contribution is -0.117. The molecule has 2 N–H and O–H groups in total. The maximum Gasteiger partial charge on any atom is 0.227 e. The Morgan fingerprint density at radius 2 is 2.20 bits per heavy atom. The Bertz CT molecular complexity index is 632. The quantitative estimate of drug-likeness (QED) is 0.896. The van der Waals surface area contributed by atoms with Gasteiger partial charge in [0.15, 0.2) is 0 Å². The monoisotopic (exact) mass is 318 g/mol. The minimum absolute atomic E-state index is 0.152. The fourth-order valence-corrected chi connectivity index (χ4v) is 3.44. The van der Waals surface area contributed by atoms with Crippen molar-refractivity contribution in [3.05, 3.63) is 23.2 Å². The molecule has 0 aromatic heterocycles. The zero-order chi connectivity index (χ0) is 14.9. The van der Waals surface area contributed by atoms with Gasteiger partial charge in [0.1, 0.15) is 5.75 Å². The third-order valence-electron chi connectivity index (χ3n) is 3.12. The van der Waals surface area contributed by atoms with Gasteiger partial charge in [0, 0.05) is 24.9 Å². The van der Waals surface area contributed by atoms with E-state index in [1.807, 2.05) is 0 Å². The summed E-state index contributed by atoms with van der Waals surface area (Å²) in [5.74, 6) is -0.0869. The molecule has 0 bridgehead atoms. The number of carbonyl (C=O) groups excluding carboxylic acids is 1. The molecule has 110 valence electrons. The topological polar surface area (TPSA) is 89.7 Å². The van der Waals surface area contributed by atoms with Gasteiger partial charge >= 0.3 is 0 Å². The number of sulfonamides is 1. The van der Waals surface area contributed by atoms with Crippen LogP contribution in [0.2, 0.25) is 5.02 Å². The highest BCUT2D eigenvalue weighted by Gasteiger charge is 2.33. The minimum atomic E-state index is -3.59. The number of amides is 1.